The number of hydrogen-bond donors (Lipinski definition) is 1. The molecule has 0 aliphatic carbocycles. The van der Waals surface area contributed by atoms with Crippen LogP contribution in [0.3, 0.4) is 0 Å². The van der Waals surface area contributed by atoms with Crippen molar-refractivity contribution >= 4 is 27.3 Å². The Morgan fingerprint density at radius 2 is 2.11 bits per heavy atom. The summed E-state index contributed by atoms with van der Waals surface area (Å²) >= 11 is 1.77. The van der Waals surface area contributed by atoms with E-state index in [9.17, 15) is 4.21 Å². The Morgan fingerprint density at radius 3 is 2.67 bits per heavy atom. The van der Waals surface area contributed by atoms with E-state index < -0.39 is 10.8 Å². The number of thiazole rings is 1. The van der Waals surface area contributed by atoms with E-state index in [1.165, 1.54) is 10.6 Å². The minimum absolute atomic E-state index is 0.456. The smallest absolute Gasteiger partial charge is 0.185 e. The van der Waals surface area contributed by atoms with Crippen molar-refractivity contribution < 1.29 is 4.21 Å². The molecule has 1 aromatic heterocycles. The summed E-state index contributed by atoms with van der Waals surface area (Å²) in [4.78, 5) is 8.39. The van der Waals surface area contributed by atoms with Gasteiger partial charge in [0.1, 0.15) is 0 Å². The molecule has 0 aromatic carbocycles. The first kappa shape index (κ1) is 14.0. The van der Waals surface area contributed by atoms with Gasteiger partial charge in [0.05, 0.1) is 5.69 Å². The van der Waals surface area contributed by atoms with Crippen LogP contribution < -0.4 is 10.2 Å². The third-order valence-electron chi connectivity index (χ3n) is 3.05. The van der Waals surface area contributed by atoms with Crippen LogP contribution in [0, 0.1) is 0 Å². The largest absolute Gasteiger partial charge is 0.346 e. The van der Waals surface area contributed by atoms with E-state index in [4.69, 9.17) is 4.98 Å². The van der Waals surface area contributed by atoms with Crippen molar-refractivity contribution in [3.05, 3.63) is 10.6 Å². The lowest BCUT2D eigenvalue weighted by Crippen LogP contribution is -2.37. The third kappa shape index (κ3) is 3.10. The highest BCUT2D eigenvalue weighted by Gasteiger charge is 2.21. The summed E-state index contributed by atoms with van der Waals surface area (Å²) in [5, 5.41) is 4.30. The molecule has 1 aliphatic heterocycles. The highest BCUT2D eigenvalue weighted by Crippen LogP contribution is 2.31. The van der Waals surface area contributed by atoms with Gasteiger partial charge in [0.25, 0.3) is 0 Å². The summed E-state index contributed by atoms with van der Waals surface area (Å²) in [7, 11) is 1.34. The highest BCUT2D eigenvalue weighted by atomic mass is 32.2. The maximum absolute atomic E-state index is 11.4. The normalized spacial score (nSPS) is 17.7. The molecule has 2 rings (SSSR count). The molecule has 0 unspecified atom stereocenters. The zero-order valence-electron chi connectivity index (χ0n) is 11.2. The first-order valence-electron chi connectivity index (χ1n) is 6.36. The van der Waals surface area contributed by atoms with Crippen LogP contribution in [0.25, 0.3) is 0 Å². The van der Waals surface area contributed by atoms with Crippen LogP contribution >= 0.6 is 11.3 Å². The SMILES string of the molecule is CNCc1sc(N2CCS(=O)CC2)nc1C(C)C. The highest BCUT2D eigenvalue weighted by molar-refractivity contribution is 7.85. The molecule has 6 heteroatoms. The molecule has 102 valence electrons. The second kappa shape index (κ2) is 6.12. The van der Waals surface area contributed by atoms with E-state index in [0.717, 1.165) is 36.3 Å². The second-order valence-corrected chi connectivity index (χ2v) is 7.58. The first-order valence-corrected chi connectivity index (χ1v) is 8.66. The summed E-state index contributed by atoms with van der Waals surface area (Å²) in [6, 6.07) is 0. The lowest BCUT2D eigenvalue weighted by atomic mass is 10.1. The average Bonchev–Trinajstić information content (AvgIpc) is 2.75. The molecule has 4 nitrogen and oxygen atoms in total. The molecule has 1 N–H and O–H groups in total. The Kier molecular flexibility index (Phi) is 4.75. The molecule has 18 heavy (non-hydrogen) atoms. The van der Waals surface area contributed by atoms with Crippen molar-refractivity contribution in [1.29, 1.82) is 0 Å². The standard InChI is InChI=1S/C12H21N3OS2/c1-9(2)11-10(8-13-3)17-12(14-11)15-4-6-18(16)7-5-15/h9,13H,4-8H2,1-3H3. The van der Waals surface area contributed by atoms with Crippen LogP contribution in [0.4, 0.5) is 5.13 Å². The summed E-state index contributed by atoms with van der Waals surface area (Å²) in [5.41, 5.74) is 1.20. The molecule has 1 aromatic rings. The van der Waals surface area contributed by atoms with Gasteiger partial charge in [0, 0.05) is 46.8 Å². The summed E-state index contributed by atoms with van der Waals surface area (Å²) in [6.07, 6.45) is 0. The van der Waals surface area contributed by atoms with Crippen molar-refractivity contribution in [2.24, 2.45) is 0 Å². The van der Waals surface area contributed by atoms with E-state index in [-0.39, 0.29) is 0 Å². The molecule has 1 saturated heterocycles. The Balaban J connectivity index is 2.18. The molecular formula is C12H21N3OS2. The van der Waals surface area contributed by atoms with E-state index in [1.54, 1.807) is 11.3 Å². The maximum atomic E-state index is 11.4. The fourth-order valence-corrected chi connectivity index (χ4v) is 4.38. The van der Waals surface area contributed by atoms with Crippen molar-refractivity contribution in [1.82, 2.24) is 10.3 Å². The molecule has 1 fully saturated rings. The Morgan fingerprint density at radius 1 is 1.44 bits per heavy atom. The minimum Gasteiger partial charge on any atom is -0.346 e. The summed E-state index contributed by atoms with van der Waals surface area (Å²) in [6.45, 7) is 6.99. The van der Waals surface area contributed by atoms with Crippen molar-refractivity contribution in [3.63, 3.8) is 0 Å². The second-order valence-electron chi connectivity index (χ2n) is 4.83. The van der Waals surface area contributed by atoms with Gasteiger partial charge in [-0.1, -0.05) is 13.8 Å². The Hall–Kier alpha value is -0.460. The monoisotopic (exact) mass is 287 g/mol. The average molecular weight is 287 g/mol. The maximum Gasteiger partial charge on any atom is 0.185 e. The molecule has 0 saturated carbocycles. The van der Waals surface area contributed by atoms with E-state index in [0.29, 0.717) is 5.92 Å². The van der Waals surface area contributed by atoms with Gasteiger partial charge in [-0.3, -0.25) is 4.21 Å². The molecule has 0 radical (unpaired) electrons. The van der Waals surface area contributed by atoms with Crippen LogP contribution in [-0.2, 0) is 17.3 Å². The number of hydrogen-bond acceptors (Lipinski definition) is 5. The van der Waals surface area contributed by atoms with Crippen molar-refractivity contribution in [2.45, 2.75) is 26.3 Å². The topological polar surface area (TPSA) is 45.2 Å². The van der Waals surface area contributed by atoms with Gasteiger partial charge in [-0.15, -0.1) is 11.3 Å². The molecule has 0 atom stereocenters. The van der Waals surface area contributed by atoms with Crippen LogP contribution in [0.15, 0.2) is 0 Å². The van der Waals surface area contributed by atoms with Gasteiger partial charge >= 0.3 is 0 Å². The van der Waals surface area contributed by atoms with Gasteiger partial charge in [0.15, 0.2) is 5.13 Å². The predicted molar refractivity (Wildman–Crippen MR) is 79.1 cm³/mol. The van der Waals surface area contributed by atoms with Crippen molar-refractivity contribution in [2.75, 3.05) is 36.5 Å². The van der Waals surface area contributed by atoms with Gasteiger partial charge in [-0.05, 0) is 13.0 Å². The van der Waals surface area contributed by atoms with Crippen molar-refractivity contribution in [3.8, 4) is 0 Å². The summed E-state index contributed by atoms with van der Waals surface area (Å²) in [5.74, 6) is 2.01. The van der Waals surface area contributed by atoms with Gasteiger partial charge in [-0.25, -0.2) is 4.98 Å². The Labute approximate surface area is 115 Å². The predicted octanol–water partition coefficient (Wildman–Crippen LogP) is 1.55. The lowest BCUT2D eigenvalue weighted by Gasteiger charge is -2.25. The van der Waals surface area contributed by atoms with E-state index in [1.807, 2.05) is 7.05 Å². The van der Waals surface area contributed by atoms with Crippen LogP contribution in [0.5, 0.6) is 0 Å². The van der Waals surface area contributed by atoms with Gasteiger partial charge in [-0.2, -0.15) is 0 Å². The molecule has 0 amide bonds. The molecule has 0 bridgehead atoms. The minimum atomic E-state index is -0.623. The number of aromatic nitrogens is 1. The van der Waals surface area contributed by atoms with Crippen LogP contribution in [0.2, 0.25) is 0 Å². The third-order valence-corrected chi connectivity index (χ3v) is 5.46. The fraction of sp³-hybridized carbons (Fsp3) is 0.750. The molecule has 1 aliphatic rings. The summed E-state index contributed by atoms with van der Waals surface area (Å²) < 4.78 is 11.4. The van der Waals surface area contributed by atoms with E-state index >= 15 is 0 Å². The first-order chi connectivity index (χ1) is 8.61. The zero-order chi connectivity index (χ0) is 13.1. The lowest BCUT2D eigenvalue weighted by molar-refractivity contribution is 0.672. The molecule has 2 heterocycles. The van der Waals surface area contributed by atoms with Crippen LogP contribution in [-0.4, -0.2) is 40.8 Å². The molecular weight excluding hydrogens is 266 g/mol. The number of nitrogens with zero attached hydrogens (tertiary/aromatic N) is 2. The zero-order valence-corrected chi connectivity index (χ0v) is 12.9. The van der Waals surface area contributed by atoms with Gasteiger partial charge < -0.3 is 10.2 Å². The number of nitrogens with one attached hydrogen (secondary N) is 1. The number of anilines is 1. The quantitative estimate of drug-likeness (QED) is 0.913. The number of rotatable bonds is 4. The van der Waals surface area contributed by atoms with Crippen LogP contribution in [0.1, 0.15) is 30.3 Å². The fourth-order valence-electron chi connectivity index (χ4n) is 2.05. The van der Waals surface area contributed by atoms with Gasteiger partial charge in [0.2, 0.25) is 0 Å². The Bertz CT molecular complexity index is 421. The molecule has 0 spiro atoms. The van der Waals surface area contributed by atoms with E-state index in [2.05, 4.69) is 24.1 Å².